The molecule has 0 atom stereocenters. The van der Waals surface area contributed by atoms with Crippen LogP contribution in [0.25, 0.3) is 33.6 Å². The minimum absolute atomic E-state index is 0.113. The van der Waals surface area contributed by atoms with Crippen molar-refractivity contribution >= 4 is 17.3 Å². The van der Waals surface area contributed by atoms with Crippen LogP contribution in [0, 0.1) is 0 Å². The molecular weight excluding hydrogens is 346 g/mol. The molecule has 0 saturated heterocycles. The summed E-state index contributed by atoms with van der Waals surface area (Å²) in [7, 11) is 0. The van der Waals surface area contributed by atoms with E-state index in [2.05, 4.69) is 9.97 Å². The highest BCUT2D eigenvalue weighted by atomic mass is 32.1. The number of phenols is 2. The van der Waals surface area contributed by atoms with Crippen LogP contribution in [0.2, 0.25) is 0 Å². The molecule has 2 aromatic heterocycles. The number of thiophene rings is 1. The van der Waals surface area contributed by atoms with Gasteiger partial charge in [0.2, 0.25) is 5.95 Å². The molecule has 0 aliphatic carbocycles. The van der Waals surface area contributed by atoms with Gasteiger partial charge in [-0.15, -0.1) is 0 Å². The molecule has 0 unspecified atom stereocenters. The van der Waals surface area contributed by atoms with Gasteiger partial charge in [-0.3, -0.25) is 0 Å². The number of hydrogen-bond donors (Lipinski definition) is 3. The Labute approximate surface area is 154 Å². The summed E-state index contributed by atoms with van der Waals surface area (Å²) >= 11 is 1.57. The van der Waals surface area contributed by atoms with Gasteiger partial charge in [-0.25, -0.2) is 9.97 Å². The van der Waals surface area contributed by atoms with Crippen LogP contribution in [-0.4, -0.2) is 20.2 Å². The van der Waals surface area contributed by atoms with E-state index in [0.29, 0.717) is 17.0 Å². The van der Waals surface area contributed by atoms with Crippen molar-refractivity contribution in [2.75, 3.05) is 5.73 Å². The Morgan fingerprint density at radius 2 is 1.50 bits per heavy atom. The topological polar surface area (TPSA) is 92.3 Å². The maximum absolute atomic E-state index is 10.4. The lowest BCUT2D eigenvalue weighted by Gasteiger charge is -2.10. The minimum atomic E-state index is 0.113. The highest BCUT2D eigenvalue weighted by molar-refractivity contribution is 7.08. The molecule has 4 rings (SSSR count). The number of aromatic hydroxyl groups is 2. The minimum Gasteiger partial charge on any atom is -0.508 e. The van der Waals surface area contributed by atoms with Crippen molar-refractivity contribution in [1.82, 2.24) is 9.97 Å². The quantitative estimate of drug-likeness (QED) is 0.498. The molecule has 0 fully saturated rings. The van der Waals surface area contributed by atoms with Gasteiger partial charge >= 0.3 is 0 Å². The van der Waals surface area contributed by atoms with Gasteiger partial charge in [0, 0.05) is 16.5 Å². The van der Waals surface area contributed by atoms with Crippen LogP contribution in [0.4, 0.5) is 5.95 Å². The molecule has 6 heteroatoms. The Bertz CT molecular complexity index is 1060. The van der Waals surface area contributed by atoms with E-state index in [9.17, 15) is 10.2 Å². The molecule has 0 bridgehead atoms. The second-order valence-corrected chi connectivity index (χ2v) is 6.57. The Morgan fingerprint density at radius 3 is 2.23 bits per heavy atom. The predicted molar refractivity (Wildman–Crippen MR) is 104 cm³/mol. The highest BCUT2D eigenvalue weighted by Gasteiger charge is 2.12. The van der Waals surface area contributed by atoms with Gasteiger partial charge in [0.1, 0.15) is 11.5 Å². The number of phenolic OH excluding ortho intramolecular Hbond substituents is 2. The number of nitrogens with two attached hydrogens (primary N) is 1. The Balaban J connectivity index is 1.83. The van der Waals surface area contributed by atoms with E-state index in [1.807, 2.05) is 47.2 Å². The SMILES string of the molecule is Nc1nc(-c2ccsc2)cc(-c2cc(-c3ccc(O)cc3)ccc2O)n1. The van der Waals surface area contributed by atoms with Crippen molar-refractivity contribution in [3.8, 4) is 45.1 Å². The first-order valence-electron chi connectivity index (χ1n) is 7.90. The zero-order valence-electron chi connectivity index (χ0n) is 13.6. The number of aromatic nitrogens is 2. The molecule has 4 N–H and O–H groups in total. The van der Waals surface area contributed by atoms with Crippen molar-refractivity contribution in [3.05, 3.63) is 65.4 Å². The number of anilines is 1. The summed E-state index contributed by atoms with van der Waals surface area (Å²) in [5.41, 5.74) is 10.5. The van der Waals surface area contributed by atoms with Gasteiger partial charge < -0.3 is 15.9 Å². The third-order valence-corrected chi connectivity index (χ3v) is 4.72. The monoisotopic (exact) mass is 361 g/mol. The predicted octanol–water partition coefficient (Wildman–Crippen LogP) is 4.53. The number of nitrogens with zero attached hydrogens (tertiary/aromatic N) is 2. The van der Waals surface area contributed by atoms with Crippen LogP contribution in [0.5, 0.6) is 11.5 Å². The standard InChI is InChI=1S/C20H15N3O2S/c21-20-22-17(14-7-8-26-11-14)10-18(23-20)16-9-13(3-6-19(16)25)12-1-4-15(24)5-2-12/h1-11,24-25H,(H2,21,22,23). The second-order valence-electron chi connectivity index (χ2n) is 5.79. The van der Waals surface area contributed by atoms with Crippen LogP contribution in [0.1, 0.15) is 0 Å². The summed E-state index contributed by atoms with van der Waals surface area (Å²) in [6.45, 7) is 0. The number of hydrogen-bond acceptors (Lipinski definition) is 6. The fraction of sp³-hybridized carbons (Fsp3) is 0. The molecule has 0 amide bonds. The number of benzene rings is 2. The average Bonchev–Trinajstić information content (AvgIpc) is 3.17. The maximum atomic E-state index is 10.4. The van der Waals surface area contributed by atoms with Gasteiger partial charge in [0.25, 0.3) is 0 Å². The van der Waals surface area contributed by atoms with Crippen LogP contribution in [0.3, 0.4) is 0 Å². The molecular formula is C20H15N3O2S. The lowest BCUT2D eigenvalue weighted by Crippen LogP contribution is -1.98. The van der Waals surface area contributed by atoms with E-state index in [1.165, 1.54) is 0 Å². The Kier molecular flexibility index (Phi) is 4.02. The van der Waals surface area contributed by atoms with Crippen LogP contribution in [-0.2, 0) is 0 Å². The molecule has 128 valence electrons. The molecule has 0 aliphatic heterocycles. The molecule has 26 heavy (non-hydrogen) atoms. The van der Waals surface area contributed by atoms with E-state index in [0.717, 1.165) is 16.7 Å². The molecule has 0 spiro atoms. The fourth-order valence-corrected chi connectivity index (χ4v) is 3.39. The third-order valence-electron chi connectivity index (χ3n) is 4.03. The zero-order chi connectivity index (χ0) is 18.1. The third kappa shape index (κ3) is 3.10. The maximum Gasteiger partial charge on any atom is 0.221 e. The molecule has 0 radical (unpaired) electrons. The lowest BCUT2D eigenvalue weighted by molar-refractivity contribution is 0.475. The molecule has 2 aromatic carbocycles. The molecule has 5 nitrogen and oxygen atoms in total. The van der Waals surface area contributed by atoms with Gasteiger partial charge in [-0.1, -0.05) is 18.2 Å². The summed E-state index contributed by atoms with van der Waals surface area (Å²) in [4.78, 5) is 8.58. The molecule has 0 aliphatic rings. The van der Waals surface area contributed by atoms with Crippen molar-refractivity contribution in [1.29, 1.82) is 0 Å². The smallest absolute Gasteiger partial charge is 0.221 e. The Morgan fingerprint density at radius 1 is 0.769 bits per heavy atom. The summed E-state index contributed by atoms with van der Waals surface area (Å²) in [6, 6.07) is 15.9. The van der Waals surface area contributed by atoms with E-state index < -0.39 is 0 Å². The highest BCUT2D eigenvalue weighted by Crippen LogP contribution is 2.35. The fourth-order valence-electron chi connectivity index (χ4n) is 2.74. The van der Waals surface area contributed by atoms with Gasteiger partial charge in [-0.05, 0) is 52.9 Å². The summed E-state index contributed by atoms with van der Waals surface area (Å²) < 4.78 is 0. The zero-order valence-corrected chi connectivity index (χ0v) is 14.4. The first-order valence-corrected chi connectivity index (χ1v) is 8.84. The Hall–Kier alpha value is -3.38. The number of nitrogen functional groups attached to an aromatic ring is 1. The molecule has 4 aromatic rings. The van der Waals surface area contributed by atoms with Crippen LogP contribution >= 0.6 is 11.3 Å². The van der Waals surface area contributed by atoms with Crippen molar-refractivity contribution in [2.24, 2.45) is 0 Å². The van der Waals surface area contributed by atoms with Crippen molar-refractivity contribution in [3.63, 3.8) is 0 Å². The van der Waals surface area contributed by atoms with Crippen molar-refractivity contribution < 1.29 is 10.2 Å². The lowest BCUT2D eigenvalue weighted by atomic mass is 10.00. The van der Waals surface area contributed by atoms with E-state index in [4.69, 9.17) is 5.73 Å². The summed E-state index contributed by atoms with van der Waals surface area (Å²) in [6.07, 6.45) is 0. The van der Waals surface area contributed by atoms with Crippen LogP contribution < -0.4 is 5.73 Å². The van der Waals surface area contributed by atoms with Crippen molar-refractivity contribution in [2.45, 2.75) is 0 Å². The average molecular weight is 361 g/mol. The first kappa shape index (κ1) is 16.1. The van der Waals surface area contributed by atoms with E-state index in [-0.39, 0.29) is 17.4 Å². The second kappa shape index (κ2) is 6.50. The largest absolute Gasteiger partial charge is 0.508 e. The normalized spacial score (nSPS) is 10.8. The van der Waals surface area contributed by atoms with E-state index >= 15 is 0 Å². The van der Waals surface area contributed by atoms with Crippen LogP contribution in [0.15, 0.2) is 65.4 Å². The van der Waals surface area contributed by atoms with E-state index in [1.54, 1.807) is 29.5 Å². The first-order chi connectivity index (χ1) is 12.6. The van der Waals surface area contributed by atoms with Gasteiger partial charge in [-0.2, -0.15) is 11.3 Å². The molecule has 0 saturated carbocycles. The van der Waals surface area contributed by atoms with Gasteiger partial charge in [0.15, 0.2) is 0 Å². The number of rotatable bonds is 3. The summed E-state index contributed by atoms with van der Waals surface area (Å²) in [5.74, 6) is 0.469. The summed E-state index contributed by atoms with van der Waals surface area (Å²) in [5, 5.41) is 23.8. The molecule has 2 heterocycles. The van der Waals surface area contributed by atoms with Gasteiger partial charge in [0.05, 0.1) is 11.4 Å².